The van der Waals surface area contributed by atoms with Gasteiger partial charge in [-0.15, -0.1) is 0 Å². The fourth-order valence-electron chi connectivity index (χ4n) is 3.50. The normalized spacial score (nSPS) is 14.7. The van der Waals surface area contributed by atoms with Gasteiger partial charge in [-0.25, -0.2) is 14.2 Å². The quantitative estimate of drug-likeness (QED) is 0.609. The smallest absolute Gasteiger partial charge is 0.338 e. The topological polar surface area (TPSA) is 71.5 Å². The molecule has 0 unspecified atom stereocenters. The highest BCUT2D eigenvalue weighted by Gasteiger charge is 2.26. The first kappa shape index (κ1) is 20.3. The highest BCUT2D eigenvalue weighted by atomic mass is 32.1. The summed E-state index contributed by atoms with van der Waals surface area (Å²) in [7, 11) is 0. The summed E-state index contributed by atoms with van der Waals surface area (Å²) in [6.07, 6.45) is 1.44. The minimum Gasteiger partial charge on any atom is -0.462 e. The van der Waals surface area contributed by atoms with Gasteiger partial charge in [0.25, 0.3) is 0 Å². The van der Waals surface area contributed by atoms with Gasteiger partial charge in [-0.05, 0) is 62.2 Å². The largest absolute Gasteiger partial charge is 0.462 e. The molecule has 1 N–H and O–H groups in total. The van der Waals surface area contributed by atoms with Crippen molar-refractivity contribution in [2.24, 2.45) is 5.92 Å². The molecule has 0 aliphatic carbocycles. The van der Waals surface area contributed by atoms with Crippen LogP contribution in [0.25, 0.3) is 10.2 Å². The Hall–Kier alpha value is -3.00. The van der Waals surface area contributed by atoms with Gasteiger partial charge in [-0.2, -0.15) is 0 Å². The van der Waals surface area contributed by atoms with E-state index in [1.165, 1.54) is 23.5 Å². The number of aromatic nitrogens is 1. The number of amides is 1. The molecule has 1 aliphatic heterocycles. The predicted octanol–water partition coefficient (Wildman–Crippen LogP) is 4.47. The van der Waals surface area contributed by atoms with Crippen LogP contribution in [0.3, 0.4) is 0 Å². The zero-order chi connectivity index (χ0) is 21.1. The molecule has 1 aliphatic rings. The van der Waals surface area contributed by atoms with Crippen molar-refractivity contribution in [1.82, 2.24) is 4.98 Å². The number of piperidine rings is 1. The van der Waals surface area contributed by atoms with Gasteiger partial charge in [-0.3, -0.25) is 4.79 Å². The molecule has 0 spiro atoms. The summed E-state index contributed by atoms with van der Waals surface area (Å²) in [5.74, 6) is -0.744. The molecule has 4 rings (SSSR count). The van der Waals surface area contributed by atoms with Gasteiger partial charge >= 0.3 is 5.97 Å². The molecule has 8 heteroatoms. The van der Waals surface area contributed by atoms with Gasteiger partial charge in [-0.1, -0.05) is 11.3 Å². The molecule has 1 fully saturated rings. The minimum absolute atomic E-state index is 0.0232. The van der Waals surface area contributed by atoms with E-state index in [0.29, 0.717) is 17.9 Å². The number of esters is 1. The monoisotopic (exact) mass is 427 g/mol. The molecule has 1 aromatic heterocycles. The Bertz CT molecular complexity index is 1060. The van der Waals surface area contributed by atoms with Crippen molar-refractivity contribution in [3.63, 3.8) is 0 Å². The van der Waals surface area contributed by atoms with E-state index in [1.807, 2.05) is 0 Å². The second-order valence-electron chi connectivity index (χ2n) is 7.16. The number of benzene rings is 2. The molecule has 30 heavy (non-hydrogen) atoms. The number of thiazole rings is 1. The SMILES string of the molecule is CCOC(=O)c1ccc(NC(=O)C2CCN(c3nc4ccc(F)cc4s3)CC2)cc1. The number of halogens is 1. The second-order valence-corrected chi connectivity index (χ2v) is 8.17. The van der Waals surface area contributed by atoms with E-state index >= 15 is 0 Å². The van der Waals surface area contributed by atoms with Crippen molar-refractivity contribution < 1.29 is 18.7 Å². The molecule has 0 radical (unpaired) electrons. The third kappa shape index (κ3) is 4.43. The zero-order valence-corrected chi connectivity index (χ0v) is 17.4. The Morgan fingerprint density at radius 1 is 1.20 bits per heavy atom. The average molecular weight is 428 g/mol. The molecule has 2 aromatic carbocycles. The Labute approximate surface area is 177 Å². The lowest BCUT2D eigenvalue weighted by Crippen LogP contribution is -2.38. The summed E-state index contributed by atoms with van der Waals surface area (Å²) in [6.45, 7) is 3.53. The van der Waals surface area contributed by atoms with Crippen molar-refractivity contribution in [2.75, 3.05) is 29.9 Å². The lowest BCUT2D eigenvalue weighted by molar-refractivity contribution is -0.120. The van der Waals surface area contributed by atoms with Crippen molar-refractivity contribution in [2.45, 2.75) is 19.8 Å². The second kappa shape index (κ2) is 8.79. The first-order valence-electron chi connectivity index (χ1n) is 9.92. The molecule has 0 bridgehead atoms. The Kier molecular flexibility index (Phi) is 5.94. The van der Waals surface area contributed by atoms with Gasteiger partial charge in [0, 0.05) is 24.7 Å². The van der Waals surface area contributed by atoms with Crippen molar-refractivity contribution in [3.8, 4) is 0 Å². The highest BCUT2D eigenvalue weighted by molar-refractivity contribution is 7.22. The van der Waals surface area contributed by atoms with E-state index in [9.17, 15) is 14.0 Å². The van der Waals surface area contributed by atoms with Crippen LogP contribution < -0.4 is 10.2 Å². The van der Waals surface area contributed by atoms with Crippen molar-refractivity contribution in [3.05, 3.63) is 53.8 Å². The molecule has 0 saturated carbocycles. The number of ether oxygens (including phenoxy) is 1. The Morgan fingerprint density at radius 3 is 2.63 bits per heavy atom. The number of nitrogens with one attached hydrogen (secondary N) is 1. The first-order valence-corrected chi connectivity index (χ1v) is 10.7. The summed E-state index contributed by atoms with van der Waals surface area (Å²) in [6, 6.07) is 11.3. The lowest BCUT2D eigenvalue weighted by atomic mass is 9.96. The van der Waals surface area contributed by atoms with Crippen LogP contribution in [0.4, 0.5) is 15.2 Å². The van der Waals surface area contributed by atoms with Crippen LogP contribution in [-0.2, 0) is 9.53 Å². The Morgan fingerprint density at radius 2 is 1.93 bits per heavy atom. The van der Waals surface area contributed by atoms with Crippen LogP contribution in [-0.4, -0.2) is 36.6 Å². The van der Waals surface area contributed by atoms with Crippen LogP contribution in [0.1, 0.15) is 30.1 Å². The van der Waals surface area contributed by atoms with Gasteiger partial charge in [0.05, 0.1) is 22.4 Å². The summed E-state index contributed by atoms with van der Waals surface area (Å²) in [5.41, 5.74) is 1.91. The summed E-state index contributed by atoms with van der Waals surface area (Å²) < 4.78 is 19.2. The number of fused-ring (bicyclic) bond motifs is 1. The number of hydrogen-bond acceptors (Lipinski definition) is 6. The lowest BCUT2D eigenvalue weighted by Gasteiger charge is -2.31. The summed E-state index contributed by atoms with van der Waals surface area (Å²) in [4.78, 5) is 31.1. The Balaban J connectivity index is 1.33. The van der Waals surface area contributed by atoms with Crippen molar-refractivity contribution in [1.29, 1.82) is 0 Å². The summed E-state index contributed by atoms with van der Waals surface area (Å²) >= 11 is 1.47. The highest BCUT2D eigenvalue weighted by Crippen LogP contribution is 2.32. The molecule has 6 nitrogen and oxygen atoms in total. The van der Waals surface area contributed by atoms with E-state index in [2.05, 4.69) is 15.2 Å². The van der Waals surface area contributed by atoms with E-state index in [-0.39, 0.29) is 23.6 Å². The molecular weight excluding hydrogens is 405 g/mol. The molecule has 2 heterocycles. The number of rotatable bonds is 5. The van der Waals surface area contributed by atoms with Crippen LogP contribution >= 0.6 is 11.3 Å². The molecule has 0 atom stereocenters. The molecule has 1 saturated heterocycles. The third-order valence-electron chi connectivity index (χ3n) is 5.14. The van der Waals surface area contributed by atoms with Gasteiger partial charge in [0.1, 0.15) is 5.82 Å². The van der Waals surface area contributed by atoms with Crippen LogP contribution in [0.15, 0.2) is 42.5 Å². The van der Waals surface area contributed by atoms with E-state index < -0.39 is 0 Å². The number of hydrogen-bond donors (Lipinski definition) is 1. The number of carbonyl (C=O) groups is 2. The number of anilines is 2. The third-order valence-corrected chi connectivity index (χ3v) is 6.22. The average Bonchev–Trinajstić information content (AvgIpc) is 3.17. The minimum atomic E-state index is -0.375. The summed E-state index contributed by atoms with van der Waals surface area (Å²) in [5, 5.41) is 3.79. The molecule has 3 aromatic rings. The molecular formula is C22H22FN3O3S. The van der Waals surface area contributed by atoms with Crippen LogP contribution in [0.5, 0.6) is 0 Å². The molecule has 156 valence electrons. The fourth-order valence-corrected chi connectivity index (χ4v) is 4.55. The number of carbonyl (C=O) groups excluding carboxylic acids is 2. The maximum atomic E-state index is 13.4. The van der Waals surface area contributed by atoms with Gasteiger partial charge in [0.2, 0.25) is 5.91 Å². The maximum absolute atomic E-state index is 13.4. The maximum Gasteiger partial charge on any atom is 0.338 e. The molecule has 1 amide bonds. The van der Waals surface area contributed by atoms with Crippen LogP contribution in [0.2, 0.25) is 0 Å². The van der Waals surface area contributed by atoms with E-state index in [0.717, 1.165) is 41.3 Å². The van der Waals surface area contributed by atoms with Gasteiger partial charge in [0.15, 0.2) is 5.13 Å². The standard InChI is InChI=1S/C22H22FN3O3S/c1-2-29-21(28)15-3-6-17(7-4-15)24-20(27)14-9-11-26(12-10-14)22-25-18-8-5-16(23)13-19(18)30-22/h3-8,13-14H,2,9-12H2,1H3,(H,24,27). The van der Waals surface area contributed by atoms with E-state index in [1.54, 1.807) is 37.3 Å². The van der Waals surface area contributed by atoms with E-state index in [4.69, 9.17) is 4.74 Å². The van der Waals surface area contributed by atoms with Crippen LogP contribution in [0, 0.1) is 11.7 Å². The predicted molar refractivity (Wildman–Crippen MR) is 116 cm³/mol. The first-order chi connectivity index (χ1) is 14.5. The van der Waals surface area contributed by atoms with Gasteiger partial charge < -0.3 is 15.0 Å². The number of nitrogens with zero attached hydrogens (tertiary/aromatic N) is 2. The fraction of sp³-hybridized carbons (Fsp3) is 0.318. The van der Waals surface area contributed by atoms with Crippen molar-refractivity contribution >= 4 is 44.2 Å². The zero-order valence-electron chi connectivity index (χ0n) is 16.6.